The average Bonchev–Trinajstić information content (AvgIpc) is 2.49. The first-order valence-electron chi connectivity index (χ1n) is 7.50. The summed E-state index contributed by atoms with van der Waals surface area (Å²) in [6.07, 6.45) is 1.81. The van der Waals surface area contributed by atoms with E-state index in [-0.39, 0.29) is 24.0 Å². The van der Waals surface area contributed by atoms with Crippen molar-refractivity contribution in [3.05, 3.63) is 42.5 Å². The Morgan fingerprint density at radius 2 is 1.95 bits per heavy atom. The number of hydrogen-bond acceptors (Lipinski definition) is 2. The number of benzene rings is 1. The zero-order valence-corrected chi connectivity index (χ0v) is 16.1. The summed E-state index contributed by atoms with van der Waals surface area (Å²) in [5, 5.41) is 6.38. The van der Waals surface area contributed by atoms with Gasteiger partial charge in [0.05, 0.1) is 13.2 Å². The zero-order chi connectivity index (χ0) is 15.5. The Balaban J connectivity index is 0.00000441. The lowest BCUT2D eigenvalue weighted by Crippen LogP contribution is -2.37. The Morgan fingerprint density at radius 1 is 1.27 bits per heavy atom. The molecule has 2 N–H and O–H groups in total. The fourth-order valence-corrected chi connectivity index (χ4v) is 1.63. The molecule has 0 aliphatic heterocycles. The van der Waals surface area contributed by atoms with E-state index in [9.17, 15) is 0 Å². The molecule has 0 aliphatic carbocycles. The highest BCUT2D eigenvalue weighted by Gasteiger charge is 1.99. The van der Waals surface area contributed by atoms with Gasteiger partial charge in [0.1, 0.15) is 5.75 Å². The molecule has 1 aromatic carbocycles. The van der Waals surface area contributed by atoms with E-state index in [1.807, 2.05) is 25.1 Å². The van der Waals surface area contributed by atoms with E-state index >= 15 is 0 Å². The Hall–Kier alpha value is -1.24. The standard InChI is InChI=1S/C17H27N3O.HI/c1-5-11-19-17(18-6-2)20-12-15-7-9-16(10-8-15)21-13-14(3)4;/h5,7-10,14H,1,6,11-13H2,2-4H3,(H2,18,19,20);1H. The van der Waals surface area contributed by atoms with Gasteiger partial charge in [-0.2, -0.15) is 0 Å². The molecule has 1 rings (SSSR count). The van der Waals surface area contributed by atoms with Crippen LogP contribution in [0.5, 0.6) is 5.75 Å². The highest BCUT2D eigenvalue weighted by atomic mass is 127. The molecule has 0 fully saturated rings. The van der Waals surface area contributed by atoms with Crippen molar-refractivity contribution in [1.29, 1.82) is 0 Å². The molecule has 0 unspecified atom stereocenters. The van der Waals surface area contributed by atoms with Crippen molar-refractivity contribution in [3.63, 3.8) is 0 Å². The number of ether oxygens (including phenoxy) is 1. The lowest BCUT2D eigenvalue weighted by atomic mass is 10.2. The quantitative estimate of drug-likeness (QED) is 0.294. The number of halogens is 1. The first kappa shape index (κ1) is 20.8. The maximum Gasteiger partial charge on any atom is 0.191 e. The third kappa shape index (κ3) is 8.92. The number of rotatable bonds is 8. The average molecular weight is 417 g/mol. The summed E-state index contributed by atoms with van der Waals surface area (Å²) in [5.74, 6) is 2.25. The molecule has 0 radical (unpaired) electrons. The van der Waals surface area contributed by atoms with E-state index < -0.39 is 0 Å². The van der Waals surface area contributed by atoms with Gasteiger partial charge in [0, 0.05) is 13.1 Å². The van der Waals surface area contributed by atoms with E-state index in [0.717, 1.165) is 30.4 Å². The van der Waals surface area contributed by atoms with Crippen LogP contribution in [0.15, 0.2) is 41.9 Å². The number of nitrogens with one attached hydrogen (secondary N) is 2. The molecule has 124 valence electrons. The minimum atomic E-state index is 0. The van der Waals surface area contributed by atoms with Crippen LogP contribution in [0.4, 0.5) is 0 Å². The monoisotopic (exact) mass is 417 g/mol. The summed E-state index contributed by atoms with van der Waals surface area (Å²) in [6, 6.07) is 8.10. The van der Waals surface area contributed by atoms with Crippen LogP contribution in [0, 0.1) is 5.92 Å². The highest BCUT2D eigenvalue weighted by Crippen LogP contribution is 2.13. The Kier molecular flexibility index (Phi) is 11.6. The fourth-order valence-electron chi connectivity index (χ4n) is 1.63. The van der Waals surface area contributed by atoms with Gasteiger partial charge in [-0.3, -0.25) is 0 Å². The maximum atomic E-state index is 5.67. The van der Waals surface area contributed by atoms with E-state index in [0.29, 0.717) is 19.0 Å². The van der Waals surface area contributed by atoms with Crippen molar-refractivity contribution in [2.45, 2.75) is 27.3 Å². The van der Waals surface area contributed by atoms with Gasteiger partial charge in [-0.15, -0.1) is 30.6 Å². The molecule has 0 bridgehead atoms. The van der Waals surface area contributed by atoms with Crippen LogP contribution in [0.1, 0.15) is 26.3 Å². The Bertz CT molecular complexity index is 444. The van der Waals surface area contributed by atoms with Gasteiger partial charge in [-0.1, -0.05) is 32.1 Å². The van der Waals surface area contributed by atoms with Crippen LogP contribution in [-0.2, 0) is 6.54 Å². The SMILES string of the molecule is C=CCNC(=NCc1ccc(OCC(C)C)cc1)NCC.I. The topological polar surface area (TPSA) is 45.7 Å². The molecule has 5 heteroatoms. The molecule has 4 nitrogen and oxygen atoms in total. The van der Waals surface area contributed by atoms with Gasteiger partial charge in [0.25, 0.3) is 0 Å². The van der Waals surface area contributed by atoms with Crippen molar-refractivity contribution >= 4 is 29.9 Å². The second-order valence-corrected chi connectivity index (χ2v) is 5.21. The Morgan fingerprint density at radius 3 is 2.50 bits per heavy atom. The first-order valence-corrected chi connectivity index (χ1v) is 7.50. The van der Waals surface area contributed by atoms with Gasteiger partial charge in [0.15, 0.2) is 5.96 Å². The van der Waals surface area contributed by atoms with Crippen LogP contribution in [0.2, 0.25) is 0 Å². The zero-order valence-electron chi connectivity index (χ0n) is 13.8. The number of hydrogen-bond donors (Lipinski definition) is 2. The molecule has 0 atom stereocenters. The molecule has 0 spiro atoms. The minimum Gasteiger partial charge on any atom is -0.493 e. The molecule has 1 aromatic rings. The molecule has 0 aromatic heterocycles. The summed E-state index contributed by atoms with van der Waals surface area (Å²) >= 11 is 0. The summed E-state index contributed by atoms with van der Waals surface area (Å²) in [5.41, 5.74) is 1.16. The summed E-state index contributed by atoms with van der Waals surface area (Å²) < 4.78 is 5.67. The van der Waals surface area contributed by atoms with Crippen molar-refractivity contribution in [2.75, 3.05) is 19.7 Å². The fraction of sp³-hybridized carbons (Fsp3) is 0.471. The second-order valence-electron chi connectivity index (χ2n) is 5.21. The van der Waals surface area contributed by atoms with Crippen molar-refractivity contribution < 1.29 is 4.74 Å². The minimum absolute atomic E-state index is 0. The lowest BCUT2D eigenvalue weighted by Gasteiger charge is -2.10. The number of aliphatic imine (C=N–C) groups is 1. The number of guanidine groups is 1. The molecule has 0 heterocycles. The van der Waals surface area contributed by atoms with E-state index in [4.69, 9.17) is 4.74 Å². The van der Waals surface area contributed by atoms with Gasteiger partial charge in [0.2, 0.25) is 0 Å². The van der Waals surface area contributed by atoms with Crippen LogP contribution in [0.3, 0.4) is 0 Å². The smallest absolute Gasteiger partial charge is 0.191 e. The normalized spacial score (nSPS) is 10.8. The van der Waals surface area contributed by atoms with Crippen molar-refractivity contribution in [2.24, 2.45) is 10.9 Å². The van der Waals surface area contributed by atoms with Crippen molar-refractivity contribution in [3.8, 4) is 5.75 Å². The molecule has 0 saturated heterocycles. The largest absolute Gasteiger partial charge is 0.493 e. The van der Waals surface area contributed by atoms with E-state index in [2.05, 4.69) is 48.2 Å². The van der Waals surface area contributed by atoms with Gasteiger partial charge >= 0.3 is 0 Å². The molecule has 22 heavy (non-hydrogen) atoms. The third-order valence-corrected chi connectivity index (χ3v) is 2.68. The van der Waals surface area contributed by atoms with Gasteiger partial charge < -0.3 is 15.4 Å². The summed E-state index contributed by atoms with van der Waals surface area (Å²) in [4.78, 5) is 4.53. The first-order chi connectivity index (χ1) is 10.2. The van der Waals surface area contributed by atoms with Crippen LogP contribution >= 0.6 is 24.0 Å². The molecule has 0 amide bonds. The Labute approximate surface area is 151 Å². The second kappa shape index (κ2) is 12.3. The molecular weight excluding hydrogens is 389 g/mol. The van der Waals surface area contributed by atoms with Gasteiger partial charge in [-0.05, 0) is 30.5 Å². The molecule has 0 saturated carbocycles. The maximum absolute atomic E-state index is 5.67. The van der Waals surface area contributed by atoms with Crippen LogP contribution < -0.4 is 15.4 Å². The predicted molar refractivity (Wildman–Crippen MR) is 105 cm³/mol. The van der Waals surface area contributed by atoms with E-state index in [1.165, 1.54) is 0 Å². The van der Waals surface area contributed by atoms with E-state index in [1.54, 1.807) is 0 Å². The highest BCUT2D eigenvalue weighted by molar-refractivity contribution is 14.0. The number of nitrogens with zero attached hydrogens (tertiary/aromatic N) is 1. The van der Waals surface area contributed by atoms with Crippen LogP contribution in [-0.4, -0.2) is 25.7 Å². The third-order valence-electron chi connectivity index (χ3n) is 2.68. The van der Waals surface area contributed by atoms with Gasteiger partial charge in [-0.25, -0.2) is 4.99 Å². The summed E-state index contributed by atoms with van der Waals surface area (Å²) in [6.45, 7) is 12.9. The lowest BCUT2D eigenvalue weighted by molar-refractivity contribution is 0.271. The summed E-state index contributed by atoms with van der Waals surface area (Å²) in [7, 11) is 0. The van der Waals surface area contributed by atoms with Crippen LogP contribution in [0.25, 0.3) is 0 Å². The molecule has 0 aliphatic rings. The van der Waals surface area contributed by atoms with Crippen molar-refractivity contribution in [1.82, 2.24) is 10.6 Å². The predicted octanol–water partition coefficient (Wildman–Crippen LogP) is 3.58. The molecular formula is C17H28IN3O.